The first-order valence-corrected chi connectivity index (χ1v) is 6.68. The number of alkyl halides is 3. The van der Waals surface area contributed by atoms with E-state index in [0.717, 1.165) is 6.20 Å². The molecule has 6 nitrogen and oxygen atoms in total. The van der Waals surface area contributed by atoms with E-state index in [1.54, 1.807) is 4.90 Å². The number of pyridine rings is 1. The number of rotatable bonds is 4. The molecule has 22 heavy (non-hydrogen) atoms. The maximum Gasteiger partial charge on any atom is 0.422 e. The fourth-order valence-electron chi connectivity index (χ4n) is 2.07. The van der Waals surface area contributed by atoms with Crippen LogP contribution in [0.2, 0.25) is 5.02 Å². The van der Waals surface area contributed by atoms with Crippen molar-refractivity contribution >= 4 is 23.5 Å². The Labute approximate surface area is 128 Å². The number of hydrogen-bond acceptors (Lipinski definition) is 5. The third-order valence-electron chi connectivity index (χ3n) is 2.93. The van der Waals surface area contributed by atoms with Crippen LogP contribution in [0.25, 0.3) is 0 Å². The van der Waals surface area contributed by atoms with Crippen LogP contribution < -0.4 is 15.4 Å². The normalized spacial score (nSPS) is 18.4. The van der Waals surface area contributed by atoms with Gasteiger partial charge in [-0.15, -0.1) is 0 Å². The summed E-state index contributed by atoms with van der Waals surface area (Å²) in [7, 11) is 0. The van der Waals surface area contributed by atoms with Crippen molar-refractivity contribution in [2.45, 2.75) is 18.7 Å². The Balaban J connectivity index is 2.00. The van der Waals surface area contributed by atoms with E-state index >= 15 is 0 Å². The van der Waals surface area contributed by atoms with Gasteiger partial charge in [-0.3, -0.25) is 0 Å². The number of halogens is 4. The Hall–Kier alpha value is -1.90. The summed E-state index contributed by atoms with van der Waals surface area (Å²) in [5.74, 6) is 0.312. The predicted molar refractivity (Wildman–Crippen MR) is 72.1 cm³/mol. The molecule has 0 radical (unpaired) electrons. The van der Waals surface area contributed by atoms with Gasteiger partial charge in [0.2, 0.25) is 0 Å². The standard InChI is InChI=1S/C12H13ClF3N3O3/c13-9-3-8(21-6-12(14,15)16)4-18-10(9)19-2-1-7(5-19)22-11(17)20/h3-4,7H,1-2,5-6H2,(H2,17,20)/t7-/m1/s1. The highest BCUT2D eigenvalue weighted by Crippen LogP contribution is 2.30. The minimum atomic E-state index is -4.43. The molecule has 1 aliphatic heterocycles. The highest BCUT2D eigenvalue weighted by Gasteiger charge is 2.29. The molecule has 10 heteroatoms. The molecule has 1 saturated heterocycles. The summed E-state index contributed by atoms with van der Waals surface area (Å²) >= 11 is 6.02. The summed E-state index contributed by atoms with van der Waals surface area (Å²) in [5.41, 5.74) is 4.94. The van der Waals surface area contributed by atoms with Crippen LogP contribution in [0.5, 0.6) is 5.75 Å². The summed E-state index contributed by atoms with van der Waals surface area (Å²) in [6, 6.07) is 1.26. The van der Waals surface area contributed by atoms with Crippen LogP contribution in [-0.4, -0.2) is 43.1 Å². The molecule has 1 amide bonds. The second-order valence-corrected chi connectivity index (χ2v) is 5.08. The fourth-order valence-corrected chi connectivity index (χ4v) is 2.35. The fraction of sp³-hybridized carbons (Fsp3) is 0.500. The van der Waals surface area contributed by atoms with Crippen molar-refractivity contribution in [1.29, 1.82) is 0 Å². The van der Waals surface area contributed by atoms with Crippen molar-refractivity contribution in [3.63, 3.8) is 0 Å². The minimum absolute atomic E-state index is 0.0739. The number of carbonyl (C=O) groups is 1. The highest BCUT2D eigenvalue weighted by molar-refractivity contribution is 6.33. The smallest absolute Gasteiger partial charge is 0.422 e. The van der Waals surface area contributed by atoms with Gasteiger partial charge in [-0.1, -0.05) is 11.6 Å². The van der Waals surface area contributed by atoms with Crippen molar-refractivity contribution in [3.8, 4) is 5.75 Å². The van der Waals surface area contributed by atoms with Crippen LogP contribution in [0.15, 0.2) is 12.3 Å². The number of anilines is 1. The molecule has 2 rings (SSSR count). The Morgan fingerprint density at radius 2 is 2.27 bits per heavy atom. The number of nitrogens with two attached hydrogens (primary N) is 1. The van der Waals surface area contributed by atoms with Crippen molar-refractivity contribution in [1.82, 2.24) is 4.98 Å². The number of nitrogens with zero attached hydrogens (tertiary/aromatic N) is 2. The highest BCUT2D eigenvalue weighted by atomic mass is 35.5. The SMILES string of the molecule is NC(=O)O[C@@H]1CCN(c2ncc(OCC(F)(F)F)cc2Cl)C1. The second-order valence-electron chi connectivity index (χ2n) is 4.67. The van der Waals surface area contributed by atoms with Gasteiger partial charge < -0.3 is 20.1 Å². The second kappa shape index (κ2) is 6.47. The van der Waals surface area contributed by atoms with Crippen LogP contribution >= 0.6 is 11.6 Å². The third-order valence-corrected chi connectivity index (χ3v) is 3.20. The van der Waals surface area contributed by atoms with E-state index in [1.165, 1.54) is 6.07 Å². The largest absolute Gasteiger partial charge is 0.482 e. The zero-order valence-corrected chi connectivity index (χ0v) is 12.0. The molecule has 122 valence electrons. The van der Waals surface area contributed by atoms with E-state index in [4.69, 9.17) is 22.1 Å². The lowest BCUT2D eigenvalue weighted by Gasteiger charge is -2.19. The van der Waals surface area contributed by atoms with Crippen LogP contribution in [-0.2, 0) is 4.74 Å². The molecule has 0 aromatic carbocycles. The van der Waals surface area contributed by atoms with Crippen molar-refractivity contribution in [2.24, 2.45) is 5.73 Å². The first-order chi connectivity index (χ1) is 10.2. The molecule has 1 atom stereocenters. The van der Waals surface area contributed by atoms with E-state index in [0.29, 0.717) is 25.3 Å². The molecule has 0 bridgehead atoms. The predicted octanol–water partition coefficient (Wildman–Crippen LogP) is 2.35. The van der Waals surface area contributed by atoms with Gasteiger partial charge in [0.05, 0.1) is 17.8 Å². The van der Waals surface area contributed by atoms with Gasteiger partial charge in [-0.25, -0.2) is 9.78 Å². The van der Waals surface area contributed by atoms with E-state index in [2.05, 4.69) is 9.72 Å². The topological polar surface area (TPSA) is 77.7 Å². The number of ether oxygens (including phenoxy) is 2. The first kappa shape index (κ1) is 16.5. The van der Waals surface area contributed by atoms with Crippen molar-refractivity contribution < 1.29 is 27.4 Å². The number of carbonyl (C=O) groups excluding carboxylic acids is 1. The molecule has 0 saturated carbocycles. The number of amides is 1. The van der Waals surface area contributed by atoms with Crippen molar-refractivity contribution in [3.05, 3.63) is 17.3 Å². The van der Waals surface area contributed by atoms with E-state index in [9.17, 15) is 18.0 Å². The molecule has 2 heterocycles. The molecule has 0 aliphatic carbocycles. The van der Waals surface area contributed by atoms with E-state index in [1.807, 2.05) is 0 Å². The summed E-state index contributed by atoms with van der Waals surface area (Å²) in [4.78, 5) is 16.5. The molecule has 0 spiro atoms. The summed E-state index contributed by atoms with van der Waals surface area (Å²) in [6.07, 6.45) is -3.93. The Kier molecular flexibility index (Phi) is 4.84. The molecule has 1 aromatic rings. The lowest BCUT2D eigenvalue weighted by Crippen LogP contribution is -2.27. The summed E-state index contributed by atoms with van der Waals surface area (Å²) in [5, 5.41) is 0.152. The minimum Gasteiger partial charge on any atom is -0.482 e. The third kappa shape index (κ3) is 4.55. The zero-order valence-electron chi connectivity index (χ0n) is 11.3. The van der Waals surface area contributed by atoms with E-state index in [-0.39, 0.29) is 16.9 Å². The van der Waals surface area contributed by atoms with Crippen molar-refractivity contribution in [2.75, 3.05) is 24.6 Å². The van der Waals surface area contributed by atoms with Gasteiger partial charge in [0.25, 0.3) is 0 Å². The molecular formula is C12H13ClF3N3O3. The lowest BCUT2D eigenvalue weighted by atomic mass is 10.3. The van der Waals surface area contributed by atoms with Crippen LogP contribution in [0.4, 0.5) is 23.8 Å². The van der Waals surface area contributed by atoms with E-state index < -0.39 is 18.9 Å². The van der Waals surface area contributed by atoms with Crippen LogP contribution in [0.1, 0.15) is 6.42 Å². The Morgan fingerprint density at radius 3 is 2.86 bits per heavy atom. The number of primary amides is 1. The average Bonchev–Trinajstić information content (AvgIpc) is 2.83. The van der Waals surface area contributed by atoms with Gasteiger partial charge in [-0.2, -0.15) is 13.2 Å². The summed E-state index contributed by atoms with van der Waals surface area (Å²) in [6.45, 7) is -0.519. The van der Waals surface area contributed by atoms with Gasteiger partial charge in [-0.05, 0) is 0 Å². The first-order valence-electron chi connectivity index (χ1n) is 6.31. The molecule has 1 aromatic heterocycles. The molecule has 0 unspecified atom stereocenters. The Morgan fingerprint density at radius 1 is 1.55 bits per heavy atom. The van der Waals surface area contributed by atoms with Gasteiger partial charge >= 0.3 is 12.3 Å². The maximum atomic E-state index is 12.1. The molecule has 1 aliphatic rings. The lowest BCUT2D eigenvalue weighted by molar-refractivity contribution is -0.153. The molecule has 2 N–H and O–H groups in total. The summed E-state index contributed by atoms with van der Waals surface area (Å²) < 4.78 is 45.7. The van der Waals surface area contributed by atoms with Gasteiger partial charge in [0, 0.05) is 19.0 Å². The number of aromatic nitrogens is 1. The van der Waals surface area contributed by atoms with Gasteiger partial charge in [0.15, 0.2) is 6.61 Å². The Bertz CT molecular complexity index is 556. The average molecular weight is 340 g/mol. The monoisotopic (exact) mass is 339 g/mol. The number of hydrogen-bond donors (Lipinski definition) is 1. The van der Waals surface area contributed by atoms with Gasteiger partial charge in [0.1, 0.15) is 17.7 Å². The van der Waals surface area contributed by atoms with Crippen LogP contribution in [0.3, 0.4) is 0 Å². The quantitative estimate of drug-likeness (QED) is 0.911. The molecule has 1 fully saturated rings. The zero-order chi connectivity index (χ0) is 16.3. The maximum absolute atomic E-state index is 12.1. The molecular weight excluding hydrogens is 327 g/mol. The van der Waals surface area contributed by atoms with Crippen LogP contribution in [0, 0.1) is 0 Å².